The van der Waals surface area contributed by atoms with Gasteiger partial charge in [-0.15, -0.1) is 0 Å². The lowest BCUT2D eigenvalue weighted by Gasteiger charge is -2.34. The van der Waals surface area contributed by atoms with Gasteiger partial charge in [-0.2, -0.15) is 0 Å². The fraction of sp³-hybridized carbons (Fsp3) is 0.600. The highest BCUT2D eigenvalue weighted by molar-refractivity contribution is 7.89. The number of nitrogens with one attached hydrogen (secondary N) is 1. The van der Waals surface area contributed by atoms with Gasteiger partial charge in [0.1, 0.15) is 0 Å². The van der Waals surface area contributed by atoms with Crippen LogP contribution >= 0.6 is 0 Å². The van der Waals surface area contributed by atoms with Gasteiger partial charge in [0, 0.05) is 12.1 Å². The van der Waals surface area contributed by atoms with E-state index in [0.717, 1.165) is 18.4 Å². The van der Waals surface area contributed by atoms with E-state index >= 15 is 0 Å². The molecule has 1 aliphatic heterocycles. The molecule has 0 radical (unpaired) electrons. The van der Waals surface area contributed by atoms with Crippen LogP contribution in [0, 0.1) is 0 Å². The quantitative estimate of drug-likeness (QED) is 0.890. The molecule has 21 heavy (non-hydrogen) atoms. The summed E-state index contributed by atoms with van der Waals surface area (Å²) in [5, 5.41) is 8.70. The van der Waals surface area contributed by atoms with Crippen molar-refractivity contribution >= 4 is 10.0 Å². The van der Waals surface area contributed by atoms with Gasteiger partial charge in [0.15, 0.2) is 0 Å². The van der Waals surface area contributed by atoms with Crippen LogP contribution in [0.15, 0.2) is 29.2 Å². The summed E-state index contributed by atoms with van der Waals surface area (Å²) in [6, 6.07) is 7.29. The molecule has 0 aliphatic carbocycles. The summed E-state index contributed by atoms with van der Waals surface area (Å²) in [6.45, 7) is 6.27. The standard InChI is InChI=1S/C15H24N2O3S/c1-10-8-14(9-11(2)20-10)17-12(3)13-4-6-15(7-5-13)21(16,18)19/h4-7,10-12,14,17H,8-9H2,1-3H3,(H2,16,18,19). The normalized spacial score (nSPS) is 28.3. The molecule has 1 aliphatic rings. The average Bonchev–Trinajstić information content (AvgIpc) is 2.36. The molecular weight excluding hydrogens is 288 g/mol. The van der Waals surface area contributed by atoms with Crippen LogP contribution in [0.1, 0.15) is 45.2 Å². The Morgan fingerprint density at radius 2 is 1.71 bits per heavy atom. The Hall–Kier alpha value is -0.950. The minimum absolute atomic E-state index is 0.145. The third-order valence-electron chi connectivity index (χ3n) is 3.89. The Balaban J connectivity index is 2.01. The number of benzene rings is 1. The van der Waals surface area contributed by atoms with Gasteiger partial charge in [0.2, 0.25) is 10.0 Å². The van der Waals surface area contributed by atoms with Gasteiger partial charge in [0.25, 0.3) is 0 Å². The number of nitrogens with two attached hydrogens (primary N) is 1. The maximum absolute atomic E-state index is 11.3. The molecule has 0 bridgehead atoms. The number of sulfonamides is 1. The number of primary sulfonamides is 1. The fourth-order valence-electron chi connectivity index (χ4n) is 2.94. The third kappa shape index (κ3) is 4.51. The summed E-state index contributed by atoms with van der Waals surface area (Å²) < 4.78 is 28.2. The predicted molar refractivity (Wildman–Crippen MR) is 82.4 cm³/mol. The van der Waals surface area contributed by atoms with Crippen molar-refractivity contribution < 1.29 is 13.2 Å². The monoisotopic (exact) mass is 312 g/mol. The lowest BCUT2D eigenvalue weighted by atomic mass is 9.98. The van der Waals surface area contributed by atoms with Gasteiger partial charge in [0.05, 0.1) is 17.1 Å². The van der Waals surface area contributed by atoms with Crippen LogP contribution in [0.3, 0.4) is 0 Å². The molecule has 0 saturated carbocycles. The molecule has 1 heterocycles. The molecule has 6 heteroatoms. The van der Waals surface area contributed by atoms with Crippen LogP contribution in [-0.4, -0.2) is 26.7 Å². The summed E-state index contributed by atoms with van der Waals surface area (Å²) >= 11 is 0. The van der Waals surface area contributed by atoms with Gasteiger partial charge in [-0.3, -0.25) is 0 Å². The predicted octanol–water partition coefficient (Wildman–Crippen LogP) is 1.94. The third-order valence-corrected chi connectivity index (χ3v) is 4.82. The smallest absolute Gasteiger partial charge is 0.238 e. The zero-order valence-electron chi connectivity index (χ0n) is 12.7. The molecule has 0 spiro atoms. The van der Waals surface area contributed by atoms with E-state index in [-0.39, 0.29) is 23.1 Å². The number of hydrogen-bond donors (Lipinski definition) is 2. The number of rotatable bonds is 4. The average molecular weight is 312 g/mol. The first-order chi connectivity index (χ1) is 9.75. The van der Waals surface area contributed by atoms with E-state index in [9.17, 15) is 8.42 Å². The second-order valence-corrected chi connectivity index (χ2v) is 7.49. The molecule has 3 N–H and O–H groups in total. The molecule has 1 aromatic rings. The first-order valence-corrected chi connectivity index (χ1v) is 8.84. The Labute approximate surface area is 126 Å². The van der Waals surface area contributed by atoms with Crippen LogP contribution in [0.4, 0.5) is 0 Å². The highest BCUT2D eigenvalue weighted by Crippen LogP contribution is 2.23. The van der Waals surface area contributed by atoms with Crippen molar-refractivity contribution in [1.29, 1.82) is 0 Å². The van der Waals surface area contributed by atoms with Gasteiger partial charge in [-0.1, -0.05) is 12.1 Å². The first kappa shape index (κ1) is 16.4. The SMILES string of the molecule is CC1CC(NC(C)c2ccc(S(N)(=O)=O)cc2)CC(C)O1. The van der Waals surface area contributed by atoms with Crippen molar-refractivity contribution in [2.45, 2.75) is 62.8 Å². The molecule has 0 aromatic heterocycles. The van der Waals surface area contributed by atoms with Crippen molar-refractivity contribution in [3.63, 3.8) is 0 Å². The summed E-state index contributed by atoms with van der Waals surface area (Å²) in [4.78, 5) is 0.145. The van der Waals surface area contributed by atoms with E-state index in [2.05, 4.69) is 26.1 Å². The van der Waals surface area contributed by atoms with Crippen molar-refractivity contribution in [3.8, 4) is 0 Å². The Morgan fingerprint density at radius 1 is 1.19 bits per heavy atom. The van der Waals surface area contributed by atoms with E-state index in [1.54, 1.807) is 12.1 Å². The van der Waals surface area contributed by atoms with E-state index in [1.807, 2.05) is 12.1 Å². The molecule has 0 amide bonds. The van der Waals surface area contributed by atoms with E-state index in [0.29, 0.717) is 6.04 Å². The van der Waals surface area contributed by atoms with E-state index in [4.69, 9.17) is 9.88 Å². The van der Waals surface area contributed by atoms with Crippen molar-refractivity contribution in [2.75, 3.05) is 0 Å². The summed E-state index contributed by atoms with van der Waals surface area (Å²) in [6.07, 6.45) is 2.51. The molecule has 3 atom stereocenters. The largest absolute Gasteiger partial charge is 0.375 e. The minimum atomic E-state index is -3.62. The minimum Gasteiger partial charge on any atom is -0.375 e. The van der Waals surface area contributed by atoms with Crippen LogP contribution in [0.2, 0.25) is 0 Å². The van der Waals surface area contributed by atoms with Gasteiger partial charge in [-0.05, 0) is 51.3 Å². The Morgan fingerprint density at radius 3 is 2.19 bits per heavy atom. The highest BCUT2D eigenvalue weighted by Gasteiger charge is 2.25. The Kier molecular flexibility index (Phi) is 5.03. The van der Waals surface area contributed by atoms with Gasteiger partial charge < -0.3 is 10.1 Å². The van der Waals surface area contributed by atoms with E-state index < -0.39 is 10.0 Å². The number of ether oxygens (including phenoxy) is 1. The van der Waals surface area contributed by atoms with Crippen LogP contribution in [0.5, 0.6) is 0 Å². The van der Waals surface area contributed by atoms with Crippen molar-refractivity contribution in [3.05, 3.63) is 29.8 Å². The van der Waals surface area contributed by atoms with Crippen LogP contribution in [-0.2, 0) is 14.8 Å². The zero-order chi connectivity index (χ0) is 15.6. The van der Waals surface area contributed by atoms with Crippen LogP contribution in [0.25, 0.3) is 0 Å². The maximum Gasteiger partial charge on any atom is 0.238 e. The maximum atomic E-state index is 11.3. The molecule has 1 saturated heterocycles. The lowest BCUT2D eigenvalue weighted by Crippen LogP contribution is -2.42. The van der Waals surface area contributed by atoms with Crippen molar-refractivity contribution in [1.82, 2.24) is 5.32 Å². The molecular formula is C15H24N2O3S. The Bertz CT molecular complexity index is 561. The molecule has 5 nitrogen and oxygen atoms in total. The van der Waals surface area contributed by atoms with Crippen LogP contribution < -0.4 is 10.5 Å². The molecule has 3 unspecified atom stereocenters. The summed E-state index contributed by atoms with van der Waals surface area (Å²) in [5.41, 5.74) is 1.05. The lowest BCUT2D eigenvalue weighted by molar-refractivity contribution is -0.0433. The molecule has 1 fully saturated rings. The second kappa shape index (κ2) is 6.44. The van der Waals surface area contributed by atoms with Gasteiger partial charge >= 0.3 is 0 Å². The summed E-state index contributed by atoms with van der Waals surface area (Å²) in [7, 11) is -3.62. The summed E-state index contributed by atoms with van der Waals surface area (Å²) in [5.74, 6) is 0. The number of hydrogen-bond acceptors (Lipinski definition) is 4. The molecule has 118 valence electrons. The fourth-order valence-corrected chi connectivity index (χ4v) is 3.45. The first-order valence-electron chi connectivity index (χ1n) is 7.30. The second-order valence-electron chi connectivity index (χ2n) is 5.93. The van der Waals surface area contributed by atoms with E-state index in [1.165, 1.54) is 0 Å². The molecule has 1 aromatic carbocycles. The van der Waals surface area contributed by atoms with Gasteiger partial charge in [-0.25, -0.2) is 13.6 Å². The topological polar surface area (TPSA) is 81.4 Å². The zero-order valence-corrected chi connectivity index (χ0v) is 13.6. The molecule has 2 rings (SSSR count). The highest BCUT2D eigenvalue weighted by atomic mass is 32.2. The van der Waals surface area contributed by atoms with Crippen molar-refractivity contribution in [2.24, 2.45) is 5.14 Å².